The Bertz CT molecular complexity index is 526. The molecule has 1 aliphatic rings. The lowest BCUT2D eigenvalue weighted by molar-refractivity contribution is 0.0651. The van der Waals surface area contributed by atoms with Gasteiger partial charge >= 0.3 is 0 Å². The molecule has 2 rings (SSSR count). The average molecular weight is 294 g/mol. The van der Waals surface area contributed by atoms with Crippen LogP contribution >= 0.6 is 0 Å². The van der Waals surface area contributed by atoms with E-state index in [1.54, 1.807) is 7.05 Å². The van der Waals surface area contributed by atoms with Gasteiger partial charge in [-0.2, -0.15) is 0 Å². The third-order valence-electron chi connectivity index (χ3n) is 3.21. The SMILES string of the molecule is CN1CCN(C(=O)c2c(F)c(F)c(F)c(F)c2F)CC1. The number of likely N-dealkylation sites (N-methyl/N-ethyl adjacent to an activating group) is 1. The highest BCUT2D eigenvalue weighted by atomic mass is 19.2. The average Bonchev–Trinajstić information content (AvgIpc) is 2.44. The molecule has 0 saturated carbocycles. The molecule has 20 heavy (non-hydrogen) atoms. The maximum Gasteiger partial charge on any atom is 0.260 e. The van der Waals surface area contributed by atoms with Crippen molar-refractivity contribution in [2.24, 2.45) is 0 Å². The second-order valence-electron chi connectivity index (χ2n) is 4.54. The van der Waals surface area contributed by atoms with Crippen molar-refractivity contribution in [3.63, 3.8) is 0 Å². The summed E-state index contributed by atoms with van der Waals surface area (Å²) in [6, 6.07) is 0. The molecule has 0 radical (unpaired) electrons. The van der Waals surface area contributed by atoms with Crippen molar-refractivity contribution in [2.45, 2.75) is 0 Å². The van der Waals surface area contributed by atoms with E-state index >= 15 is 0 Å². The Labute approximate surface area is 111 Å². The van der Waals surface area contributed by atoms with Crippen LogP contribution in [-0.4, -0.2) is 48.9 Å². The summed E-state index contributed by atoms with van der Waals surface area (Å²) in [4.78, 5) is 14.9. The molecule has 0 unspecified atom stereocenters. The molecule has 0 spiro atoms. The molecular weight excluding hydrogens is 283 g/mol. The largest absolute Gasteiger partial charge is 0.336 e. The molecule has 0 atom stereocenters. The van der Waals surface area contributed by atoms with Crippen LogP contribution in [0.1, 0.15) is 10.4 Å². The van der Waals surface area contributed by atoms with Gasteiger partial charge in [-0.05, 0) is 7.05 Å². The lowest BCUT2D eigenvalue weighted by Gasteiger charge is -2.32. The van der Waals surface area contributed by atoms with Crippen LogP contribution in [0.25, 0.3) is 0 Å². The van der Waals surface area contributed by atoms with Crippen LogP contribution < -0.4 is 0 Å². The minimum atomic E-state index is -2.27. The number of halogens is 5. The van der Waals surface area contributed by atoms with Gasteiger partial charge in [0, 0.05) is 26.2 Å². The van der Waals surface area contributed by atoms with Gasteiger partial charge in [0.2, 0.25) is 5.82 Å². The van der Waals surface area contributed by atoms with Gasteiger partial charge in [-0.3, -0.25) is 4.79 Å². The van der Waals surface area contributed by atoms with Crippen LogP contribution in [-0.2, 0) is 0 Å². The van der Waals surface area contributed by atoms with Crippen molar-refractivity contribution >= 4 is 5.91 Å². The first kappa shape index (κ1) is 14.7. The molecule has 1 heterocycles. The predicted octanol–water partition coefficient (Wildman–Crippen LogP) is 1.77. The van der Waals surface area contributed by atoms with E-state index in [-0.39, 0.29) is 13.1 Å². The fourth-order valence-corrected chi connectivity index (χ4v) is 1.96. The summed E-state index contributed by atoms with van der Waals surface area (Å²) in [5.41, 5.74) is -1.40. The number of amides is 1. The van der Waals surface area contributed by atoms with Crippen LogP contribution in [0.2, 0.25) is 0 Å². The summed E-state index contributed by atoms with van der Waals surface area (Å²) < 4.78 is 66.0. The standard InChI is InChI=1S/C12H11F5N2O/c1-18-2-4-19(5-3-18)12(20)6-7(13)9(15)11(17)10(16)8(6)14/h2-5H2,1H3. The smallest absolute Gasteiger partial charge is 0.260 e. The maximum absolute atomic E-state index is 13.5. The first-order valence-electron chi connectivity index (χ1n) is 5.83. The van der Waals surface area contributed by atoms with Crippen LogP contribution in [0, 0.1) is 29.1 Å². The van der Waals surface area contributed by atoms with Crippen molar-refractivity contribution in [1.29, 1.82) is 0 Å². The molecular formula is C12H11F5N2O. The predicted molar refractivity (Wildman–Crippen MR) is 59.6 cm³/mol. The molecule has 0 bridgehead atoms. The minimum absolute atomic E-state index is 0.162. The monoisotopic (exact) mass is 294 g/mol. The molecule has 1 aromatic rings. The highest BCUT2D eigenvalue weighted by Crippen LogP contribution is 2.24. The second-order valence-corrected chi connectivity index (χ2v) is 4.54. The normalized spacial score (nSPS) is 16.6. The molecule has 110 valence electrons. The van der Waals surface area contributed by atoms with Gasteiger partial charge in [0.25, 0.3) is 5.91 Å². The topological polar surface area (TPSA) is 23.6 Å². The lowest BCUT2D eigenvalue weighted by Crippen LogP contribution is -2.47. The highest BCUT2D eigenvalue weighted by molar-refractivity contribution is 5.95. The first-order valence-corrected chi connectivity index (χ1v) is 5.83. The fraction of sp³-hybridized carbons (Fsp3) is 0.417. The van der Waals surface area contributed by atoms with Crippen LogP contribution in [0.4, 0.5) is 22.0 Å². The van der Waals surface area contributed by atoms with Gasteiger partial charge < -0.3 is 9.80 Å². The molecule has 0 N–H and O–H groups in total. The molecule has 1 fully saturated rings. The zero-order valence-corrected chi connectivity index (χ0v) is 10.5. The number of carbonyl (C=O) groups excluding carboxylic acids is 1. The fourth-order valence-electron chi connectivity index (χ4n) is 1.96. The van der Waals surface area contributed by atoms with Crippen molar-refractivity contribution in [3.8, 4) is 0 Å². The number of hydrogen-bond acceptors (Lipinski definition) is 2. The Morgan fingerprint density at radius 3 is 1.65 bits per heavy atom. The van der Waals surface area contributed by atoms with E-state index in [4.69, 9.17) is 0 Å². The molecule has 1 saturated heterocycles. The number of piperazine rings is 1. The number of benzene rings is 1. The Kier molecular flexibility index (Phi) is 3.94. The molecule has 0 aromatic heterocycles. The van der Waals surface area contributed by atoms with Crippen molar-refractivity contribution in [3.05, 3.63) is 34.6 Å². The van der Waals surface area contributed by atoms with Crippen molar-refractivity contribution in [2.75, 3.05) is 33.2 Å². The number of hydrogen-bond donors (Lipinski definition) is 0. The Balaban J connectivity index is 2.40. The Morgan fingerprint density at radius 1 is 0.800 bits per heavy atom. The summed E-state index contributed by atoms with van der Waals surface area (Å²) in [5, 5.41) is 0. The highest BCUT2D eigenvalue weighted by Gasteiger charge is 2.32. The molecule has 0 aliphatic carbocycles. The molecule has 1 aromatic carbocycles. The van der Waals surface area contributed by atoms with E-state index < -0.39 is 40.6 Å². The number of nitrogens with zero attached hydrogens (tertiary/aromatic N) is 2. The van der Waals surface area contributed by atoms with Crippen LogP contribution in [0.5, 0.6) is 0 Å². The molecule has 1 amide bonds. The van der Waals surface area contributed by atoms with Crippen LogP contribution in [0.3, 0.4) is 0 Å². The van der Waals surface area contributed by atoms with E-state index in [1.165, 1.54) is 0 Å². The number of carbonyl (C=O) groups is 1. The van der Waals surface area contributed by atoms with Gasteiger partial charge in [-0.15, -0.1) is 0 Å². The third kappa shape index (κ3) is 2.35. The molecule has 1 aliphatic heterocycles. The summed E-state index contributed by atoms with van der Waals surface area (Å²) in [7, 11) is 1.79. The van der Waals surface area contributed by atoms with Gasteiger partial charge in [0.1, 0.15) is 5.56 Å². The van der Waals surface area contributed by atoms with E-state index in [1.807, 2.05) is 4.90 Å². The summed E-state index contributed by atoms with van der Waals surface area (Å²) in [6.07, 6.45) is 0. The van der Waals surface area contributed by atoms with Gasteiger partial charge in [-0.25, -0.2) is 22.0 Å². The van der Waals surface area contributed by atoms with E-state index in [0.29, 0.717) is 13.1 Å². The maximum atomic E-state index is 13.5. The van der Waals surface area contributed by atoms with E-state index in [9.17, 15) is 26.7 Å². The summed E-state index contributed by atoms with van der Waals surface area (Å²) >= 11 is 0. The quantitative estimate of drug-likeness (QED) is 0.448. The number of rotatable bonds is 1. The Morgan fingerprint density at radius 2 is 1.20 bits per heavy atom. The summed E-state index contributed by atoms with van der Waals surface area (Å²) in [6.45, 7) is 1.24. The molecule has 3 nitrogen and oxygen atoms in total. The van der Waals surface area contributed by atoms with E-state index in [0.717, 1.165) is 4.90 Å². The lowest BCUT2D eigenvalue weighted by atomic mass is 10.1. The Hall–Kier alpha value is -1.70. The zero-order chi connectivity index (χ0) is 15.0. The summed E-state index contributed by atoms with van der Waals surface area (Å²) in [5.74, 6) is -11.9. The van der Waals surface area contributed by atoms with Crippen molar-refractivity contribution < 1.29 is 26.7 Å². The van der Waals surface area contributed by atoms with Gasteiger partial charge in [0.15, 0.2) is 23.3 Å². The van der Waals surface area contributed by atoms with E-state index in [2.05, 4.69) is 0 Å². The minimum Gasteiger partial charge on any atom is -0.336 e. The molecule has 8 heteroatoms. The zero-order valence-electron chi connectivity index (χ0n) is 10.5. The third-order valence-corrected chi connectivity index (χ3v) is 3.21. The van der Waals surface area contributed by atoms with Crippen LogP contribution in [0.15, 0.2) is 0 Å². The van der Waals surface area contributed by atoms with Crippen molar-refractivity contribution in [1.82, 2.24) is 9.80 Å². The van der Waals surface area contributed by atoms with Gasteiger partial charge in [-0.1, -0.05) is 0 Å². The second kappa shape index (κ2) is 5.35. The van der Waals surface area contributed by atoms with Gasteiger partial charge in [0.05, 0.1) is 0 Å². The first-order chi connectivity index (χ1) is 9.34.